The van der Waals surface area contributed by atoms with E-state index >= 15 is 0 Å². The van der Waals surface area contributed by atoms with Crippen LogP contribution in [0, 0.1) is 0 Å². The Balaban J connectivity index is 2.42. The van der Waals surface area contributed by atoms with E-state index in [-0.39, 0.29) is 6.89 Å². The van der Waals surface area contributed by atoms with E-state index in [0.29, 0.717) is 0 Å². The van der Waals surface area contributed by atoms with E-state index in [9.17, 15) is 0 Å². The van der Waals surface area contributed by atoms with E-state index in [1.54, 1.807) is 0 Å². The number of fused-ring (bicyclic) bond motifs is 1. The predicted molar refractivity (Wildman–Crippen MR) is 32.2 cm³/mol. The Morgan fingerprint density at radius 2 is 2.00 bits per heavy atom. The summed E-state index contributed by atoms with van der Waals surface area (Å²) >= 11 is 0. The van der Waals surface area contributed by atoms with Gasteiger partial charge in [0, 0.05) is 0 Å². The molecule has 0 radical (unpaired) electrons. The van der Waals surface area contributed by atoms with Crippen molar-refractivity contribution >= 4 is 13.2 Å². The lowest BCUT2D eigenvalue weighted by molar-refractivity contribution is 1.43. The minimum atomic E-state index is -0.383. The minimum Gasteiger partial charge on any atom is -0.108 e. The lowest BCUT2D eigenvalue weighted by Crippen LogP contribution is -1.66. The monoisotopic (exact) mass is 100 g/mol. The lowest BCUT2D eigenvalue weighted by Gasteiger charge is -1.95. The summed E-state index contributed by atoms with van der Waals surface area (Å²) in [5.74, 6) is 0. The maximum absolute atomic E-state index is 4.12. The van der Waals surface area contributed by atoms with Gasteiger partial charge in [0.05, 0.1) is 0 Å². The molecular formula is C5H9P. The highest BCUT2D eigenvalue weighted by Gasteiger charge is 2.64. The van der Waals surface area contributed by atoms with Crippen molar-refractivity contribution in [1.82, 2.24) is 0 Å². The second-order valence-electron chi connectivity index (χ2n) is 2.72. The Morgan fingerprint density at radius 3 is 2.00 bits per heavy atom. The molecule has 2 aliphatic rings. The van der Waals surface area contributed by atoms with Gasteiger partial charge in [0.15, 0.2) is 0 Å². The van der Waals surface area contributed by atoms with Crippen molar-refractivity contribution in [2.45, 2.75) is 17.7 Å². The average molecular weight is 100 g/mol. The zero-order valence-electron chi connectivity index (χ0n) is 4.02. The Morgan fingerprint density at radius 1 is 1.67 bits per heavy atom. The normalized spacial score (nSPS) is 72.8. The Bertz CT molecular complexity index is 125. The van der Waals surface area contributed by atoms with Crippen LogP contribution in [0.15, 0.2) is 0 Å². The molecule has 1 heteroatoms. The fourth-order valence-electron chi connectivity index (χ4n) is 1.18. The van der Waals surface area contributed by atoms with Crippen molar-refractivity contribution in [3.63, 3.8) is 0 Å². The average Bonchev–Trinajstić information content (AvgIpc) is 2.13. The van der Waals surface area contributed by atoms with Crippen LogP contribution in [0.2, 0.25) is 0 Å². The molecule has 0 spiro atoms. The van der Waals surface area contributed by atoms with Crippen LogP contribution < -0.4 is 0 Å². The summed E-state index contributed by atoms with van der Waals surface area (Å²) in [6.45, 7) is 1.98. The second kappa shape index (κ2) is 0.554. The fraction of sp³-hybridized carbons (Fsp3) is 0.800. The molecule has 2 unspecified atom stereocenters. The van der Waals surface area contributed by atoms with Gasteiger partial charge in [-0.1, -0.05) is 0 Å². The van der Waals surface area contributed by atoms with Crippen molar-refractivity contribution in [1.29, 1.82) is 0 Å². The summed E-state index contributed by atoms with van der Waals surface area (Å²) in [5.41, 5.74) is 2.33. The molecule has 1 saturated heterocycles. The molecular weight excluding hydrogens is 91.0 g/mol. The zero-order chi connectivity index (χ0) is 4.36. The van der Waals surface area contributed by atoms with E-state index in [0.717, 1.165) is 11.3 Å². The lowest BCUT2D eigenvalue weighted by atomic mass is 11.0. The van der Waals surface area contributed by atoms with Gasteiger partial charge in [-0.3, -0.25) is 0 Å². The van der Waals surface area contributed by atoms with Crippen LogP contribution in [-0.2, 0) is 0 Å². The highest BCUT2D eigenvalue weighted by atomic mass is 31.2. The van der Waals surface area contributed by atoms with Gasteiger partial charge in [-0.15, -0.1) is 13.2 Å². The summed E-state index contributed by atoms with van der Waals surface area (Å²) in [6.07, 6.45) is 5.66. The van der Waals surface area contributed by atoms with Crippen molar-refractivity contribution in [3.8, 4) is 0 Å². The highest BCUT2D eigenvalue weighted by Crippen LogP contribution is 2.86. The quantitative estimate of drug-likeness (QED) is 0.401. The highest BCUT2D eigenvalue weighted by molar-refractivity contribution is 7.83. The van der Waals surface area contributed by atoms with E-state index in [1.165, 1.54) is 6.42 Å². The summed E-state index contributed by atoms with van der Waals surface area (Å²) < 4.78 is 0. The first-order valence-corrected chi connectivity index (χ1v) is 4.99. The molecule has 1 aliphatic carbocycles. The summed E-state index contributed by atoms with van der Waals surface area (Å²) in [6, 6.07) is 0. The van der Waals surface area contributed by atoms with Crippen LogP contribution in [-0.4, -0.2) is 24.3 Å². The van der Waals surface area contributed by atoms with Gasteiger partial charge in [0.1, 0.15) is 0 Å². The van der Waals surface area contributed by atoms with Gasteiger partial charge in [-0.2, -0.15) is 0 Å². The summed E-state index contributed by atoms with van der Waals surface area (Å²) in [7, 11) is 0. The third kappa shape index (κ3) is 0.176. The molecule has 0 aromatic carbocycles. The van der Waals surface area contributed by atoms with E-state index < -0.39 is 0 Å². The molecule has 1 aliphatic heterocycles. The molecule has 0 bridgehead atoms. The molecule has 1 heterocycles. The van der Waals surface area contributed by atoms with Crippen molar-refractivity contribution in [2.24, 2.45) is 0 Å². The zero-order valence-corrected chi connectivity index (χ0v) is 4.91. The second-order valence-corrected chi connectivity index (χ2v) is 6.74. The summed E-state index contributed by atoms with van der Waals surface area (Å²) in [5, 5.41) is 0. The largest absolute Gasteiger partial charge is 0.108 e. The number of rotatable bonds is 0. The van der Waals surface area contributed by atoms with Crippen LogP contribution >= 0.6 is 6.89 Å². The number of hydrogen-bond acceptors (Lipinski definition) is 0. The Labute approximate surface area is 38.5 Å². The van der Waals surface area contributed by atoms with E-state index in [2.05, 4.69) is 13.0 Å². The molecule has 6 heavy (non-hydrogen) atoms. The molecule has 0 nitrogen and oxygen atoms in total. The van der Waals surface area contributed by atoms with E-state index in [1.807, 2.05) is 0 Å². The SMILES string of the molecule is C=P1(C)C2CC21. The smallest absolute Gasteiger partial charge is 0.0142 e. The van der Waals surface area contributed by atoms with Crippen LogP contribution in [0.1, 0.15) is 6.42 Å². The maximum Gasteiger partial charge on any atom is -0.0142 e. The molecule has 0 aromatic heterocycles. The van der Waals surface area contributed by atoms with Gasteiger partial charge >= 0.3 is 0 Å². The molecule has 34 valence electrons. The first-order chi connectivity index (χ1) is 2.73. The van der Waals surface area contributed by atoms with Gasteiger partial charge in [0.2, 0.25) is 0 Å². The van der Waals surface area contributed by atoms with Crippen molar-refractivity contribution in [2.75, 3.05) is 6.66 Å². The molecule has 1 saturated carbocycles. The molecule has 0 amide bonds. The van der Waals surface area contributed by atoms with Crippen LogP contribution in [0.25, 0.3) is 0 Å². The van der Waals surface area contributed by atoms with Crippen LogP contribution in [0.5, 0.6) is 0 Å². The van der Waals surface area contributed by atoms with Gasteiger partial charge in [-0.05, 0) is 24.4 Å². The maximum atomic E-state index is 4.12. The molecule has 0 aromatic rings. The van der Waals surface area contributed by atoms with Crippen LogP contribution in [0.4, 0.5) is 0 Å². The first kappa shape index (κ1) is 3.32. The predicted octanol–water partition coefficient (Wildman–Crippen LogP) is 1.22. The first-order valence-electron chi connectivity index (χ1n) is 2.43. The molecule has 2 atom stereocenters. The van der Waals surface area contributed by atoms with Crippen LogP contribution in [0.3, 0.4) is 0 Å². The fourth-order valence-corrected chi connectivity index (χ4v) is 4.23. The van der Waals surface area contributed by atoms with Crippen molar-refractivity contribution in [3.05, 3.63) is 0 Å². The third-order valence-corrected chi connectivity index (χ3v) is 5.98. The van der Waals surface area contributed by atoms with Gasteiger partial charge < -0.3 is 0 Å². The summed E-state index contributed by atoms with van der Waals surface area (Å²) in [4.78, 5) is 0. The van der Waals surface area contributed by atoms with Gasteiger partial charge in [0.25, 0.3) is 0 Å². The molecule has 2 fully saturated rings. The number of hydrogen-bond donors (Lipinski definition) is 0. The standard InChI is InChI=1S/C5H9P/c1-6(2)4-3-5(4)6/h4-5H,1,3H2,2H3. The van der Waals surface area contributed by atoms with E-state index in [4.69, 9.17) is 0 Å². The third-order valence-electron chi connectivity index (χ3n) is 2.15. The minimum absolute atomic E-state index is 0.383. The molecule has 0 N–H and O–H groups in total. The van der Waals surface area contributed by atoms with Crippen molar-refractivity contribution < 1.29 is 0 Å². The topological polar surface area (TPSA) is 0 Å². The Kier molecular flexibility index (Phi) is 0.307. The molecule has 2 rings (SSSR count). The Hall–Kier alpha value is 0.300. The van der Waals surface area contributed by atoms with Gasteiger partial charge in [-0.25, -0.2) is 0 Å².